The molecule has 2 aromatic carbocycles. The standard InChI is InChI=1S/C27H26BrN3O8S/c1-5-37-19-9-8-15(11-20(19)38-6-2)23-22(26(34)39-7-3)14(4)29-27-30(23)25(33)21(40-27)12-16-10-17(28)13-18(24(16)32)31(35)36/h8-13,23,32H,5-7H2,1-4H3/b21-12-/t23-/m1/s1. The summed E-state index contributed by atoms with van der Waals surface area (Å²) in [6.45, 7) is 7.95. The summed E-state index contributed by atoms with van der Waals surface area (Å²) in [4.78, 5) is 42.5. The molecule has 0 saturated carbocycles. The maximum atomic E-state index is 13.9. The normalized spacial score (nSPS) is 14.9. The molecule has 0 radical (unpaired) electrons. The van der Waals surface area contributed by atoms with Crippen molar-refractivity contribution < 1.29 is 29.0 Å². The highest BCUT2D eigenvalue weighted by molar-refractivity contribution is 9.10. The number of nitrogens with zero attached hydrogens (tertiary/aromatic N) is 3. The van der Waals surface area contributed by atoms with Gasteiger partial charge in [0.25, 0.3) is 5.56 Å². The number of aromatic hydroxyl groups is 1. The number of nitro groups is 1. The fourth-order valence-corrected chi connectivity index (χ4v) is 5.84. The van der Waals surface area contributed by atoms with Crippen LogP contribution < -0.4 is 24.4 Å². The predicted molar refractivity (Wildman–Crippen MR) is 152 cm³/mol. The molecule has 1 aliphatic heterocycles. The number of phenols is 1. The van der Waals surface area contributed by atoms with Crippen molar-refractivity contribution in [3.63, 3.8) is 0 Å². The molecule has 0 unspecified atom stereocenters. The quantitative estimate of drug-likeness (QED) is 0.212. The molecule has 1 atom stereocenters. The van der Waals surface area contributed by atoms with E-state index >= 15 is 0 Å². The first-order valence-corrected chi connectivity index (χ1v) is 14.0. The van der Waals surface area contributed by atoms with Gasteiger partial charge in [-0.05, 0) is 57.5 Å². The van der Waals surface area contributed by atoms with E-state index in [0.29, 0.717) is 45.2 Å². The van der Waals surface area contributed by atoms with Crippen molar-refractivity contribution in [2.45, 2.75) is 33.7 Å². The van der Waals surface area contributed by atoms with Crippen molar-refractivity contribution >= 4 is 45.0 Å². The Morgan fingerprint density at radius 2 is 1.88 bits per heavy atom. The van der Waals surface area contributed by atoms with Crippen molar-refractivity contribution in [3.8, 4) is 17.2 Å². The number of fused-ring (bicyclic) bond motifs is 1. The van der Waals surface area contributed by atoms with E-state index in [1.807, 2.05) is 13.8 Å². The molecule has 11 nitrogen and oxygen atoms in total. The number of benzene rings is 2. The fraction of sp³-hybridized carbons (Fsp3) is 0.296. The van der Waals surface area contributed by atoms with Crippen LogP contribution >= 0.6 is 27.3 Å². The number of allylic oxidation sites excluding steroid dienone is 1. The van der Waals surface area contributed by atoms with Crippen LogP contribution in [0.4, 0.5) is 5.69 Å². The predicted octanol–water partition coefficient (Wildman–Crippen LogP) is 3.97. The molecular weight excluding hydrogens is 606 g/mol. The number of carbonyl (C=O) groups is 1. The lowest BCUT2D eigenvalue weighted by molar-refractivity contribution is -0.385. The van der Waals surface area contributed by atoms with E-state index in [0.717, 1.165) is 11.3 Å². The number of phenolic OH excluding ortho intramolecular Hbond substituents is 1. The fourth-order valence-electron chi connectivity index (χ4n) is 4.34. The number of halogens is 1. The molecule has 0 amide bonds. The average Bonchev–Trinajstić information content (AvgIpc) is 3.20. The second kappa shape index (κ2) is 12.0. The Balaban J connectivity index is 1.99. The van der Waals surface area contributed by atoms with Gasteiger partial charge in [0.1, 0.15) is 0 Å². The lowest BCUT2D eigenvalue weighted by Crippen LogP contribution is -2.40. The first kappa shape index (κ1) is 29.0. The Bertz CT molecular complexity index is 1710. The number of ether oxygens (including phenoxy) is 3. The van der Waals surface area contributed by atoms with E-state index in [-0.39, 0.29) is 22.3 Å². The Labute approximate surface area is 240 Å². The molecule has 3 aromatic rings. The van der Waals surface area contributed by atoms with E-state index in [4.69, 9.17) is 14.2 Å². The summed E-state index contributed by atoms with van der Waals surface area (Å²) in [5.41, 5.74) is 0.195. The molecule has 0 spiro atoms. The van der Waals surface area contributed by atoms with Crippen LogP contribution in [0.3, 0.4) is 0 Å². The number of esters is 1. The highest BCUT2D eigenvalue weighted by Gasteiger charge is 2.34. The average molecular weight is 632 g/mol. The minimum absolute atomic E-state index is 0.0731. The first-order valence-electron chi connectivity index (χ1n) is 12.4. The van der Waals surface area contributed by atoms with Crippen molar-refractivity contribution in [1.82, 2.24) is 4.57 Å². The van der Waals surface area contributed by atoms with E-state index in [1.165, 1.54) is 22.8 Å². The minimum Gasteiger partial charge on any atom is -0.502 e. The second-order valence-corrected chi connectivity index (χ2v) is 10.4. The SMILES string of the molecule is CCOC(=O)C1=C(C)N=c2s/c(=C\c3cc(Br)cc([N+](=O)[O-])c3O)c(=O)n2[C@@H]1c1ccc(OCC)c(OCC)c1. The van der Waals surface area contributed by atoms with Crippen LogP contribution in [0.25, 0.3) is 6.08 Å². The largest absolute Gasteiger partial charge is 0.502 e. The van der Waals surface area contributed by atoms with Gasteiger partial charge >= 0.3 is 11.7 Å². The van der Waals surface area contributed by atoms with Gasteiger partial charge in [0.15, 0.2) is 16.3 Å². The summed E-state index contributed by atoms with van der Waals surface area (Å²) >= 11 is 4.24. The third-order valence-corrected chi connectivity index (χ3v) is 7.41. The Morgan fingerprint density at radius 3 is 2.52 bits per heavy atom. The minimum atomic E-state index is -0.905. The van der Waals surface area contributed by atoms with E-state index in [9.17, 15) is 24.8 Å². The molecule has 1 aromatic heterocycles. The molecular formula is C27H26BrN3O8S. The van der Waals surface area contributed by atoms with Crippen molar-refractivity contribution in [2.75, 3.05) is 19.8 Å². The van der Waals surface area contributed by atoms with Gasteiger partial charge in [-0.2, -0.15) is 0 Å². The van der Waals surface area contributed by atoms with Crippen LogP contribution in [0.1, 0.15) is 44.9 Å². The Kier molecular flexibility index (Phi) is 8.74. The van der Waals surface area contributed by atoms with Gasteiger partial charge in [0.2, 0.25) is 5.75 Å². The maximum absolute atomic E-state index is 13.9. The van der Waals surface area contributed by atoms with Crippen LogP contribution in [-0.2, 0) is 9.53 Å². The molecule has 4 rings (SSSR count). The monoisotopic (exact) mass is 631 g/mol. The zero-order valence-electron chi connectivity index (χ0n) is 22.1. The van der Waals surface area contributed by atoms with Gasteiger partial charge in [0, 0.05) is 16.1 Å². The molecule has 0 aliphatic carbocycles. The van der Waals surface area contributed by atoms with Crippen LogP contribution in [0.2, 0.25) is 0 Å². The van der Waals surface area contributed by atoms with E-state index in [1.54, 1.807) is 32.0 Å². The summed E-state index contributed by atoms with van der Waals surface area (Å²) < 4.78 is 18.7. The number of carbonyl (C=O) groups excluding carboxylic acids is 1. The molecule has 210 valence electrons. The third-order valence-electron chi connectivity index (χ3n) is 5.97. The highest BCUT2D eigenvalue weighted by atomic mass is 79.9. The summed E-state index contributed by atoms with van der Waals surface area (Å²) in [5.74, 6) is -0.221. The lowest BCUT2D eigenvalue weighted by atomic mass is 9.95. The van der Waals surface area contributed by atoms with Gasteiger partial charge < -0.3 is 19.3 Å². The van der Waals surface area contributed by atoms with Crippen molar-refractivity contribution in [2.24, 2.45) is 4.99 Å². The summed E-state index contributed by atoms with van der Waals surface area (Å²) in [6.07, 6.45) is 1.36. The zero-order valence-corrected chi connectivity index (χ0v) is 24.5. The number of aromatic nitrogens is 1. The number of thiazole rings is 1. The number of hydrogen-bond acceptors (Lipinski definition) is 10. The Hall–Kier alpha value is -3.97. The maximum Gasteiger partial charge on any atom is 0.338 e. The van der Waals surface area contributed by atoms with Crippen LogP contribution in [0.5, 0.6) is 17.2 Å². The van der Waals surface area contributed by atoms with Gasteiger partial charge in [-0.1, -0.05) is 33.3 Å². The number of hydrogen-bond donors (Lipinski definition) is 1. The zero-order chi connectivity index (χ0) is 29.1. The highest BCUT2D eigenvalue weighted by Crippen LogP contribution is 2.37. The molecule has 0 saturated heterocycles. The number of rotatable bonds is 9. The lowest BCUT2D eigenvalue weighted by Gasteiger charge is -2.25. The van der Waals surface area contributed by atoms with Gasteiger partial charge in [-0.3, -0.25) is 19.5 Å². The van der Waals surface area contributed by atoms with Crippen molar-refractivity contribution in [1.29, 1.82) is 0 Å². The van der Waals surface area contributed by atoms with E-state index in [2.05, 4.69) is 20.9 Å². The second-order valence-electron chi connectivity index (χ2n) is 8.49. The molecule has 1 N–H and O–H groups in total. The number of nitro benzene ring substituents is 1. The molecule has 1 aliphatic rings. The van der Waals surface area contributed by atoms with Crippen LogP contribution in [-0.4, -0.2) is 40.4 Å². The molecule has 2 heterocycles. The first-order chi connectivity index (χ1) is 19.1. The Morgan fingerprint density at radius 1 is 1.18 bits per heavy atom. The topological polar surface area (TPSA) is 142 Å². The van der Waals surface area contributed by atoms with Gasteiger partial charge in [0.05, 0.1) is 46.6 Å². The molecule has 13 heteroatoms. The van der Waals surface area contributed by atoms with Crippen LogP contribution in [0.15, 0.2) is 55.9 Å². The third kappa shape index (κ3) is 5.52. The van der Waals surface area contributed by atoms with E-state index < -0.39 is 33.9 Å². The van der Waals surface area contributed by atoms with Gasteiger partial charge in [-0.25, -0.2) is 9.79 Å². The molecule has 0 bridgehead atoms. The smallest absolute Gasteiger partial charge is 0.338 e. The van der Waals surface area contributed by atoms with Crippen LogP contribution in [0, 0.1) is 10.1 Å². The van der Waals surface area contributed by atoms with Crippen molar-refractivity contribution in [3.05, 3.63) is 87.0 Å². The summed E-state index contributed by atoms with van der Waals surface area (Å²) in [6, 6.07) is 6.92. The molecule has 0 fully saturated rings. The summed E-state index contributed by atoms with van der Waals surface area (Å²) in [7, 11) is 0. The van der Waals surface area contributed by atoms with Gasteiger partial charge in [-0.15, -0.1) is 0 Å². The summed E-state index contributed by atoms with van der Waals surface area (Å²) in [5, 5.41) is 21.9. The molecule has 40 heavy (non-hydrogen) atoms.